The van der Waals surface area contributed by atoms with Crippen LogP contribution in [-0.4, -0.2) is 35.8 Å². The molecule has 2 N–H and O–H groups in total. The maximum absolute atomic E-state index is 12.4. The van der Waals surface area contributed by atoms with Gasteiger partial charge in [0.05, 0.1) is 19.1 Å². The Bertz CT molecular complexity index is 622. The largest absolute Gasteiger partial charge is 0.461 e. The molecule has 0 aromatic carbocycles. The number of carbonyl (C=O) groups is 2. The Kier molecular flexibility index (Phi) is 6.38. The second kappa shape index (κ2) is 7.82. The molecule has 10 heteroatoms. The minimum Gasteiger partial charge on any atom is -0.461 e. The zero-order chi connectivity index (χ0) is 17.6. The van der Waals surface area contributed by atoms with Crippen LogP contribution in [-0.2, 0) is 11.2 Å². The van der Waals surface area contributed by atoms with Crippen molar-refractivity contribution in [2.24, 2.45) is 0 Å². The quantitative estimate of drug-likeness (QED) is 0.632. The molecule has 0 saturated heterocycles. The zero-order valence-electron chi connectivity index (χ0n) is 12.3. The Balaban J connectivity index is 3.00. The third-order valence-corrected chi connectivity index (χ3v) is 3.29. The Labute approximate surface area is 134 Å². The molecule has 1 atom stereocenters. The summed E-state index contributed by atoms with van der Waals surface area (Å²) in [4.78, 5) is 27.0. The van der Waals surface area contributed by atoms with Crippen molar-refractivity contribution in [2.75, 3.05) is 11.9 Å². The molecule has 0 fully saturated rings. The van der Waals surface area contributed by atoms with E-state index >= 15 is 0 Å². The molecular weight excluding hydrogens is 335 g/mol. The molecule has 0 saturated carbocycles. The van der Waals surface area contributed by atoms with Crippen LogP contribution in [0, 0.1) is 12.3 Å². The fourth-order valence-electron chi connectivity index (χ4n) is 1.41. The van der Waals surface area contributed by atoms with Crippen molar-refractivity contribution in [3.05, 3.63) is 10.7 Å². The molecule has 1 heterocycles. The second-order valence-corrected chi connectivity index (χ2v) is 5.37. The topological polar surface area (TPSA) is 80.3 Å². The van der Waals surface area contributed by atoms with E-state index in [1.165, 1.54) is 13.8 Å². The molecule has 0 aliphatic heterocycles. The molecule has 0 spiro atoms. The molecule has 1 aromatic heterocycles. The van der Waals surface area contributed by atoms with Crippen molar-refractivity contribution in [2.45, 2.75) is 32.5 Å². The van der Waals surface area contributed by atoms with E-state index < -0.39 is 30.6 Å². The smallest absolute Gasteiger partial charge is 0.395 e. The Hall–Kier alpha value is -2.28. The molecule has 0 aliphatic rings. The Morgan fingerprint density at radius 2 is 2.13 bits per heavy atom. The highest BCUT2D eigenvalue weighted by molar-refractivity contribution is 7.16. The lowest BCUT2D eigenvalue weighted by Gasteiger charge is -2.08. The highest BCUT2D eigenvalue weighted by atomic mass is 32.1. The number of nitrogens with one attached hydrogen (secondary N) is 2. The molecule has 1 rings (SSSR count). The van der Waals surface area contributed by atoms with Gasteiger partial charge in [-0.1, -0.05) is 17.3 Å². The van der Waals surface area contributed by atoms with Gasteiger partial charge in [-0.2, -0.15) is 13.2 Å². The van der Waals surface area contributed by atoms with E-state index in [4.69, 9.17) is 11.2 Å². The number of thiazole rings is 1. The van der Waals surface area contributed by atoms with E-state index in [9.17, 15) is 22.8 Å². The maximum atomic E-state index is 12.4. The van der Waals surface area contributed by atoms with Crippen molar-refractivity contribution in [3.8, 4) is 12.3 Å². The SMILES string of the molecule is C#CC(C)NC(=O)Nc1sc(CC(F)(F)F)nc1C(=O)OCC. The summed E-state index contributed by atoms with van der Waals surface area (Å²) in [6, 6.07) is -1.35. The van der Waals surface area contributed by atoms with Crippen LogP contribution >= 0.6 is 11.3 Å². The van der Waals surface area contributed by atoms with Crippen molar-refractivity contribution in [1.29, 1.82) is 0 Å². The highest BCUT2D eigenvalue weighted by Gasteiger charge is 2.31. The van der Waals surface area contributed by atoms with Crippen molar-refractivity contribution < 1.29 is 27.5 Å². The minimum absolute atomic E-state index is 0.0186. The Morgan fingerprint density at radius 1 is 1.48 bits per heavy atom. The van der Waals surface area contributed by atoms with Crippen LogP contribution in [0.3, 0.4) is 0 Å². The Morgan fingerprint density at radius 3 is 2.65 bits per heavy atom. The van der Waals surface area contributed by atoms with Crippen molar-refractivity contribution in [3.63, 3.8) is 0 Å². The summed E-state index contributed by atoms with van der Waals surface area (Å²) in [5, 5.41) is 4.12. The number of anilines is 1. The van der Waals surface area contributed by atoms with Crippen LogP contribution in [0.5, 0.6) is 0 Å². The molecule has 6 nitrogen and oxygen atoms in total. The lowest BCUT2D eigenvalue weighted by molar-refractivity contribution is -0.127. The number of urea groups is 1. The van der Waals surface area contributed by atoms with E-state index in [1.807, 2.05) is 0 Å². The molecule has 1 unspecified atom stereocenters. The maximum Gasteiger partial charge on any atom is 0.395 e. The van der Waals surface area contributed by atoms with Crippen LogP contribution in [0.1, 0.15) is 29.3 Å². The average Bonchev–Trinajstić information content (AvgIpc) is 2.78. The van der Waals surface area contributed by atoms with Gasteiger partial charge in [-0.3, -0.25) is 5.32 Å². The molecular formula is C13H14F3N3O3S. The molecule has 2 amide bonds. The van der Waals surface area contributed by atoms with Gasteiger partial charge in [-0.15, -0.1) is 6.42 Å². The number of alkyl halides is 3. The van der Waals surface area contributed by atoms with Gasteiger partial charge in [0.2, 0.25) is 0 Å². The van der Waals surface area contributed by atoms with Crippen LogP contribution in [0.25, 0.3) is 0 Å². The van der Waals surface area contributed by atoms with Gasteiger partial charge in [0.25, 0.3) is 0 Å². The predicted octanol–water partition coefficient (Wildman–Crippen LogP) is 2.57. The van der Waals surface area contributed by atoms with E-state index in [0.29, 0.717) is 11.3 Å². The van der Waals surface area contributed by atoms with Crippen LogP contribution in [0.2, 0.25) is 0 Å². The summed E-state index contributed by atoms with van der Waals surface area (Å²) in [6.45, 7) is 3.09. The van der Waals surface area contributed by atoms with Crippen LogP contribution in [0.4, 0.5) is 23.0 Å². The third kappa shape index (κ3) is 6.15. The monoisotopic (exact) mass is 349 g/mol. The normalized spacial score (nSPS) is 12.2. The number of aromatic nitrogens is 1. The van der Waals surface area contributed by atoms with E-state index in [0.717, 1.165) is 0 Å². The number of hydrogen-bond donors (Lipinski definition) is 2. The first-order valence-corrected chi connectivity index (χ1v) is 7.25. The summed E-state index contributed by atoms with van der Waals surface area (Å²) in [7, 11) is 0. The lowest BCUT2D eigenvalue weighted by atomic mass is 10.4. The summed E-state index contributed by atoms with van der Waals surface area (Å²) >= 11 is 0.548. The number of terminal acetylenes is 1. The number of hydrogen-bond acceptors (Lipinski definition) is 5. The average molecular weight is 349 g/mol. The standard InChI is InChI=1S/C13H14F3N3O3S/c1-4-7(3)17-12(21)19-10-9(11(20)22-5-2)18-8(23-10)6-13(14,15)16/h1,7H,5-6H2,2-3H3,(H2,17,19,21). The molecule has 0 bridgehead atoms. The molecule has 0 radical (unpaired) electrons. The number of esters is 1. The second-order valence-electron chi connectivity index (χ2n) is 4.28. The van der Waals surface area contributed by atoms with Gasteiger partial charge < -0.3 is 10.1 Å². The molecule has 1 aromatic rings. The third-order valence-electron chi connectivity index (χ3n) is 2.32. The summed E-state index contributed by atoms with van der Waals surface area (Å²) in [5.41, 5.74) is -0.375. The molecule has 126 valence electrons. The van der Waals surface area contributed by atoms with E-state index in [1.54, 1.807) is 0 Å². The van der Waals surface area contributed by atoms with Crippen LogP contribution in [0.15, 0.2) is 0 Å². The fourth-order valence-corrected chi connectivity index (χ4v) is 2.39. The molecule has 23 heavy (non-hydrogen) atoms. The van der Waals surface area contributed by atoms with Crippen molar-refractivity contribution >= 4 is 28.3 Å². The lowest BCUT2D eigenvalue weighted by Crippen LogP contribution is -2.35. The number of rotatable bonds is 5. The van der Waals surface area contributed by atoms with Gasteiger partial charge in [-0.25, -0.2) is 14.6 Å². The number of ether oxygens (including phenoxy) is 1. The minimum atomic E-state index is -4.48. The van der Waals surface area contributed by atoms with E-state index in [-0.39, 0.29) is 22.3 Å². The highest BCUT2D eigenvalue weighted by Crippen LogP contribution is 2.30. The van der Waals surface area contributed by atoms with Crippen LogP contribution < -0.4 is 10.6 Å². The first kappa shape index (κ1) is 18.8. The summed E-state index contributed by atoms with van der Waals surface area (Å²) < 4.78 is 42.0. The van der Waals surface area contributed by atoms with Gasteiger partial charge in [0, 0.05) is 0 Å². The summed E-state index contributed by atoms with van der Waals surface area (Å²) in [6.07, 6.45) is -0.693. The first-order valence-electron chi connectivity index (χ1n) is 6.43. The zero-order valence-corrected chi connectivity index (χ0v) is 13.1. The van der Waals surface area contributed by atoms with Gasteiger partial charge in [-0.05, 0) is 13.8 Å². The molecule has 0 aliphatic carbocycles. The first-order chi connectivity index (χ1) is 10.7. The number of halogens is 3. The predicted molar refractivity (Wildman–Crippen MR) is 78.3 cm³/mol. The fraction of sp³-hybridized carbons (Fsp3) is 0.462. The number of carbonyl (C=O) groups excluding carboxylic acids is 2. The van der Waals surface area contributed by atoms with Gasteiger partial charge >= 0.3 is 18.2 Å². The van der Waals surface area contributed by atoms with Crippen molar-refractivity contribution in [1.82, 2.24) is 10.3 Å². The van der Waals surface area contributed by atoms with Gasteiger partial charge in [0.15, 0.2) is 5.69 Å². The van der Waals surface area contributed by atoms with Gasteiger partial charge in [0.1, 0.15) is 10.0 Å². The summed E-state index contributed by atoms with van der Waals surface area (Å²) in [5.74, 6) is 1.33. The van der Waals surface area contributed by atoms with E-state index in [2.05, 4.69) is 21.5 Å². The number of amides is 2. The number of nitrogens with zero attached hydrogens (tertiary/aromatic N) is 1.